The van der Waals surface area contributed by atoms with E-state index in [0.717, 1.165) is 33.5 Å². The van der Waals surface area contributed by atoms with Gasteiger partial charge in [-0.05, 0) is 43.2 Å². The molecule has 0 atom stereocenters. The number of hydrogen-bond acceptors (Lipinski definition) is 3. The van der Waals surface area contributed by atoms with Gasteiger partial charge in [0.15, 0.2) is 5.58 Å². The molecule has 0 saturated carbocycles. The standard InChI is InChI=1S/C15H14N2O/c1-9-5-3-8-13-14(9)17-15(18-13)11-6-4-7-12(16)10(11)2/h3-8H,16H2,1-2H3. The van der Waals surface area contributed by atoms with Gasteiger partial charge in [0.05, 0.1) is 0 Å². The normalized spacial score (nSPS) is 11.0. The number of aromatic nitrogens is 1. The molecule has 3 heteroatoms. The zero-order chi connectivity index (χ0) is 12.7. The number of nitrogen functional groups attached to an aromatic ring is 1. The summed E-state index contributed by atoms with van der Waals surface area (Å²) in [6, 6.07) is 11.7. The zero-order valence-electron chi connectivity index (χ0n) is 10.4. The molecule has 0 aliphatic heterocycles. The highest BCUT2D eigenvalue weighted by atomic mass is 16.3. The summed E-state index contributed by atoms with van der Waals surface area (Å²) in [5.74, 6) is 0.629. The third kappa shape index (κ3) is 1.56. The number of oxazole rings is 1. The minimum atomic E-state index is 0.629. The van der Waals surface area contributed by atoms with Gasteiger partial charge in [-0.2, -0.15) is 0 Å². The summed E-state index contributed by atoms with van der Waals surface area (Å²) in [5.41, 5.74) is 11.5. The van der Waals surface area contributed by atoms with E-state index >= 15 is 0 Å². The van der Waals surface area contributed by atoms with Crippen LogP contribution < -0.4 is 5.73 Å². The molecular formula is C15H14N2O. The van der Waals surface area contributed by atoms with E-state index in [-0.39, 0.29) is 0 Å². The third-order valence-electron chi connectivity index (χ3n) is 3.23. The van der Waals surface area contributed by atoms with Crippen LogP contribution in [0.4, 0.5) is 5.69 Å². The Morgan fingerprint density at radius 1 is 1.06 bits per heavy atom. The first-order chi connectivity index (χ1) is 8.66. The van der Waals surface area contributed by atoms with Gasteiger partial charge in [0.2, 0.25) is 5.89 Å². The number of anilines is 1. The van der Waals surface area contributed by atoms with E-state index in [0.29, 0.717) is 5.89 Å². The summed E-state index contributed by atoms with van der Waals surface area (Å²) in [6.45, 7) is 4.01. The largest absolute Gasteiger partial charge is 0.436 e. The fraction of sp³-hybridized carbons (Fsp3) is 0.133. The first kappa shape index (κ1) is 10.8. The number of hydrogen-bond donors (Lipinski definition) is 1. The van der Waals surface area contributed by atoms with Crippen molar-refractivity contribution in [2.24, 2.45) is 0 Å². The number of nitrogens with two attached hydrogens (primary N) is 1. The molecule has 1 heterocycles. The molecule has 90 valence electrons. The van der Waals surface area contributed by atoms with Gasteiger partial charge in [0.25, 0.3) is 0 Å². The molecule has 0 amide bonds. The molecule has 0 unspecified atom stereocenters. The van der Waals surface area contributed by atoms with Crippen molar-refractivity contribution in [2.45, 2.75) is 13.8 Å². The first-order valence-electron chi connectivity index (χ1n) is 5.88. The van der Waals surface area contributed by atoms with Gasteiger partial charge in [-0.1, -0.05) is 18.2 Å². The number of fused-ring (bicyclic) bond motifs is 1. The van der Waals surface area contributed by atoms with Crippen LogP contribution in [-0.4, -0.2) is 4.98 Å². The van der Waals surface area contributed by atoms with Crippen molar-refractivity contribution >= 4 is 16.8 Å². The maximum atomic E-state index is 5.91. The molecule has 0 aliphatic rings. The summed E-state index contributed by atoms with van der Waals surface area (Å²) < 4.78 is 5.80. The Bertz CT molecular complexity index is 728. The maximum absolute atomic E-state index is 5.91. The number of para-hydroxylation sites is 1. The van der Waals surface area contributed by atoms with Crippen molar-refractivity contribution in [1.82, 2.24) is 4.98 Å². The summed E-state index contributed by atoms with van der Waals surface area (Å²) in [5, 5.41) is 0. The van der Waals surface area contributed by atoms with Crippen LogP contribution >= 0.6 is 0 Å². The van der Waals surface area contributed by atoms with Crippen molar-refractivity contribution in [3.63, 3.8) is 0 Å². The van der Waals surface area contributed by atoms with E-state index in [2.05, 4.69) is 4.98 Å². The number of benzene rings is 2. The Hall–Kier alpha value is -2.29. The van der Waals surface area contributed by atoms with Crippen molar-refractivity contribution in [1.29, 1.82) is 0 Å². The molecule has 1 aromatic heterocycles. The van der Waals surface area contributed by atoms with Gasteiger partial charge in [-0.25, -0.2) is 4.98 Å². The highest BCUT2D eigenvalue weighted by Crippen LogP contribution is 2.30. The molecule has 0 spiro atoms. The first-order valence-corrected chi connectivity index (χ1v) is 5.88. The number of nitrogens with zero attached hydrogens (tertiary/aromatic N) is 1. The van der Waals surface area contributed by atoms with Crippen LogP contribution in [0.25, 0.3) is 22.6 Å². The average Bonchev–Trinajstić information content (AvgIpc) is 2.78. The maximum Gasteiger partial charge on any atom is 0.227 e. The van der Waals surface area contributed by atoms with Crippen LogP contribution in [0, 0.1) is 13.8 Å². The monoisotopic (exact) mass is 238 g/mol. The number of rotatable bonds is 1. The molecule has 3 aromatic rings. The Balaban J connectivity index is 2.26. The summed E-state index contributed by atoms with van der Waals surface area (Å²) >= 11 is 0. The summed E-state index contributed by atoms with van der Waals surface area (Å²) in [4.78, 5) is 4.56. The van der Waals surface area contributed by atoms with Crippen molar-refractivity contribution < 1.29 is 4.42 Å². The lowest BCUT2D eigenvalue weighted by molar-refractivity contribution is 0.619. The van der Waals surface area contributed by atoms with E-state index < -0.39 is 0 Å². The fourth-order valence-corrected chi connectivity index (χ4v) is 2.09. The molecule has 0 bridgehead atoms. The van der Waals surface area contributed by atoms with Gasteiger partial charge in [-0.3, -0.25) is 0 Å². The van der Waals surface area contributed by atoms with Crippen LogP contribution in [-0.2, 0) is 0 Å². The molecule has 18 heavy (non-hydrogen) atoms. The lowest BCUT2D eigenvalue weighted by Crippen LogP contribution is -1.91. The highest BCUT2D eigenvalue weighted by molar-refractivity contribution is 5.80. The quantitative estimate of drug-likeness (QED) is 0.658. The highest BCUT2D eigenvalue weighted by Gasteiger charge is 2.12. The van der Waals surface area contributed by atoms with Crippen molar-refractivity contribution in [3.8, 4) is 11.5 Å². The Morgan fingerprint density at radius 3 is 2.61 bits per heavy atom. The van der Waals surface area contributed by atoms with Gasteiger partial charge in [0, 0.05) is 11.3 Å². The minimum absolute atomic E-state index is 0.629. The van der Waals surface area contributed by atoms with Gasteiger partial charge < -0.3 is 10.2 Å². The van der Waals surface area contributed by atoms with Crippen LogP contribution in [0.15, 0.2) is 40.8 Å². The SMILES string of the molecule is Cc1c(N)cccc1-c1nc2c(C)cccc2o1. The minimum Gasteiger partial charge on any atom is -0.436 e. The Morgan fingerprint density at radius 2 is 1.83 bits per heavy atom. The van der Waals surface area contributed by atoms with Crippen LogP contribution in [0.3, 0.4) is 0 Å². The average molecular weight is 238 g/mol. The second kappa shape index (κ2) is 3.88. The van der Waals surface area contributed by atoms with Crippen LogP contribution in [0.5, 0.6) is 0 Å². The van der Waals surface area contributed by atoms with E-state index in [9.17, 15) is 0 Å². The molecular weight excluding hydrogens is 224 g/mol. The molecule has 3 nitrogen and oxygen atoms in total. The molecule has 0 saturated heterocycles. The van der Waals surface area contributed by atoms with E-state index in [4.69, 9.17) is 10.2 Å². The Labute approximate surface area is 105 Å². The Kier molecular flexibility index (Phi) is 2.33. The molecule has 0 fully saturated rings. The van der Waals surface area contributed by atoms with Gasteiger partial charge in [-0.15, -0.1) is 0 Å². The van der Waals surface area contributed by atoms with Gasteiger partial charge >= 0.3 is 0 Å². The van der Waals surface area contributed by atoms with E-state index in [1.54, 1.807) is 0 Å². The second-order valence-electron chi connectivity index (χ2n) is 4.46. The predicted molar refractivity (Wildman–Crippen MR) is 73.3 cm³/mol. The predicted octanol–water partition coefficient (Wildman–Crippen LogP) is 3.69. The van der Waals surface area contributed by atoms with Crippen LogP contribution in [0.2, 0.25) is 0 Å². The molecule has 2 N–H and O–H groups in total. The molecule has 0 radical (unpaired) electrons. The zero-order valence-corrected chi connectivity index (χ0v) is 10.4. The van der Waals surface area contributed by atoms with E-state index in [1.807, 2.05) is 50.2 Å². The topological polar surface area (TPSA) is 52.0 Å². The smallest absolute Gasteiger partial charge is 0.227 e. The van der Waals surface area contributed by atoms with E-state index in [1.165, 1.54) is 0 Å². The third-order valence-corrected chi connectivity index (χ3v) is 3.23. The number of aryl methyl sites for hydroxylation is 1. The summed E-state index contributed by atoms with van der Waals surface area (Å²) in [7, 11) is 0. The van der Waals surface area contributed by atoms with Crippen molar-refractivity contribution in [3.05, 3.63) is 47.5 Å². The summed E-state index contributed by atoms with van der Waals surface area (Å²) in [6.07, 6.45) is 0. The van der Waals surface area contributed by atoms with Gasteiger partial charge in [0.1, 0.15) is 5.52 Å². The molecule has 2 aromatic carbocycles. The molecule has 0 aliphatic carbocycles. The lowest BCUT2D eigenvalue weighted by Gasteiger charge is -2.03. The van der Waals surface area contributed by atoms with Crippen molar-refractivity contribution in [2.75, 3.05) is 5.73 Å². The molecule has 3 rings (SSSR count). The fourth-order valence-electron chi connectivity index (χ4n) is 2.09. The van der Waals surface area contributed by atoms with Crippen LogP contribution in [0.1, 0.15) is 11.1 Å². The lowest BCUT2D eigenvalue weighted by atomic mass is 10.1. The second-order valence-corrected chi connectivity index (χ2v) is 4.46.